The summed E-state index contributed by atoms with van der Waals surface area (Å²) in [4.78, 5) is 31.4. The van der Waals surface area contributed by atoms with Crippen molar-refractivity contribution in [2.75, 3.05) is 13.1 Å². The lowest BCUT2D eigenvalue weighted by Gasteiger charge is -2.26. The summed E-state index contributed by atoms with van der Waals surface area (Å²) in [7, 11) is 1.73. The van der Waals surface area contributed by atoms with Crippen LogP contribution in [0.3, 0.4) is 0 Å². The van der Waals surface area contributed by atoms with Crippen molar-refractivity contribution < 1.29 is 4.79 Å². The third-order valence-electron chi connectivity index (χ3n) is 5.40. The third-order valence-corrected chi connectivity index (χ3v) is 5.40. The Bertz CT molecular complexity index is 1050. The molecule has 1 fully saturated rings. The van der Waals surface area contributed by atoms with Gasteiger partial charge in [0.1, 0.15) is 18.3 Å². The first kappa shape index (κ1) is 19.3. The second kappa shape index (κ2) is 8.57. The third kappa shape index (κ3) is 4.54. The number of aromatic nitrogens is 4. The first-order valence-corrected chi connectivity index (χ1v) is 10.0. The van der Waals surface area contributed by atoms with Gasteiger partial charge in [0.15, 0.2) is 5.65 Å². The molecule has 0 unspecified atom stereocenters. The molecule has 0 aliphatic carbocycles. The zero-order valence-electron chi connectivity index (χ0n) is 16.7. The van der Waals surface area contributed by atoms with Crippen LogP contribution in [0.2, 0.25) is 0 Å². The number of amides is 1. The predicted molar refractivity (Wildman–Crippen MR) is 110 cm³/mol. The summed E-state index contributed by atoms with van der Waals surface area (Å²) in [5.74, 6) is -0.227. The molecule has 1 aliphatic rings. The molecule has 0 radical (unpaired) electrons. The van der Waals surface area contributed by atoms with Gasteiger partial charge in [-0.2, -0.15) is 5.10 Å². The SMILES string of the molecule is Cn1ncc2c(=O)n(CC(=O)NCc3ccc(CN4CCCCC4)cc3)cnc21. The van der Waals surface area contributed by atoms with Crippen LogP contribution < -0.4 is 10.9 Å². The zero-order valence-corrected chi connectivity index (χ0v) is 16.7. The fraction of sp³-hybridized carbons (Fsp3) is 0.429. The van der Waals surface area contributed by atoms with Crippen molar-refractivity contribution in [3.8, 4) is 0 Å². The second-order valence-corrected chi connectivity index (χ2v) is 7.61. The van der Waals surface area contributed by atoms with Gasteiger partial charge in [0.25, 0.3) is 5.56 Å². The van der Waals surface area contributed by atoms with Gasteiger partial charge in [0.2, 0.25) is 5.91 Å². The standard InChI is InChI=1S/C21H26N6O2/c1-25-20-18(12-24-25)21(29)27(15-23-20)14-19(28)22-11-16-5-7-17(8-6-16)13-26-9-3-2-4-10-26/h5-8,12,15H,2-4,9-11,13-14H2,1H3,(H,22,28). The van der Waals surface area contributed by atoms with Gasteiger partial charge in [-0.25, -0.2) is 4.98 Å². The van der Waals surface area contributed by atoms with Crippen LogP contribution in [0.15, 0.2) is 41.6 Å². The van der Waals surface area contributed by atoms with Crippen LogP contribution in [0, 0.1) is 0 Å². The van der Waals surface area contributed by atoms with Crippen molar-refractivity contribution in [1.82, 2.24) is 29.5 Å². The lowest BCUT2D eigenvalue weighted by atomic mass is 10.1. The smallest absolute Gasteiger partial charge is 0.264 e. The van der Waals surface area contributed by atoms with Crippen molar-refractivity contribution in [2.45, 2.75) is 38.9 Å². The Hall–Kier alpha value is -3.00. The van der Waals surface area contributed by atoms with Gasteiger partial charge in [-0.05, 0) is 37.1 Å². The molecule has 0 spiro atoms. The summed E-state index contributed by atoms with van der Waals surface area (Å²) >= 11 is 0. The maximum Gasteiger partial charge on any atom is 0.264 e. The van der Waals surface area contributed by atoms with Crippen LogP contribution in [-0.2, 0) is 31.5 Å². The molecule has 1 amide bonds. The van der Waals surface area contributed by atoms with Crippen molar-refractivity contribution >= 4 is 16.9 Å². The largest absolute Gasteiger partial charge is 0.350 e. The summed E-state index contributed by atoms with van der Waals surface area (Å²) < 4.78 is 2.84. The van der Waals surface area contributed by atoms with Crippen LogP contribution in [0.4, 0.5) is 0 Å². The minimum atomic E-state index is -0.264. The van der Waals surface area contributed by atoms with Gasteiger partial charge in [-0.3, -0.25) is 23.7 Å². The Morgan fingerprint density at radius 2 is 1.83 bits per heavy atom. The van der Waals surface area contributed by atoms with E-state index in [1.807, 2.05) is 0 Å². The molecule has 0 saturated carbocycles. The molecule has 0 atom stereocenters. The highest BCUT2D eigenvalue weighted by atomic mass is 16.2. The maximum atomic E-state index is 12.4. The number of aryl methyl sites for hydroxylation is 1. The Kier molecular flexibility index (Phi) is 5.71. The first-order chi connectivity index (χ1) is 14.1. The Morgan fingerprint density at radius 3 is 2.59 bits per heavy atom. The van der Waals surface area contributed by atoms with Crippen molar-refractivity contribution in [2.24, 2.45) is 7.05 Å². The molecule has 3 aromatic rings. The molecule has 1 N–H and O–H groups in total. The van der Waals surface area contributed by atoms with E-state index in [4.69, 9.17) is 0 Å². The average Bonchev–Trinajstić information content (AvgIpc) is 3.12. The Labute approximate surface area is 169 Å². The number of hydrogen-bond donors (Lipinski definition) is 1. The normalized spacial score (nSPS) is 14.9. The molecule has 29 heavy (non-hydrogen) atoms. The van der Waals surface area contributed by atoms with Gasteiger partial charge in [0, 0.05) is 20.1 Å². The Balaban J connectivity index is 1.31. The second-order valence-electron chi connectivity index (χ2n) is 7.61. The maximum absolute atomic E-state index is 12.4. The highest BCUT2D eigenvalue weighted by Crippen LogP contribution is 2.13. The van der Waals surface area contributed by atoms with E-state index < -0.39 is 0 Å². The number of fused-ring (bicyclic) bond motifs is 1. The van der Waals surface area contributed by atoms with Crippen LogP contribution in [0.5, 0.6) is 0 Å². The molecule has 1 aromatic carbocycles. The molecule has 152 valence electrons. The van der Waals surface area contributed by atoms with Crippen molar-refractivity contribution in [1.29, 1.82) is 0 Å². The van der Waals surface area contributed by atoms with Gasteiger partial charge >= 0.3 is 0 Å². The molecule has 4 rings (SSSR count). The number of nitrogens with zero attached hydrogens (tertiary/aromatic N) is 5. The summed E-state index contributed by atoms with van der Waals surface area (Å²) in [6.07, 6.45) is 6.78. The van der Waals surface area contributed by atoms with Gasteiger partial charge < -0.3 is 5.32 Å². The van der Waals surface area contributed by atoms with E-state index in [1.165, 1.54) is 59.7 Å². The number of carbonyl (C=O) groups excluding carboxylic acids is 1. The van der Waals surface area contributed by atoms with Gasteiger partial charge in [-0.1, -0.05) is 30.7 Å². The molecule has 2 aromatic heterocycles. The fourth-order valence-electron chi connectivity index (χ4n) is 3.73. The van der Waals surface area contributed by atoms with E-state index in [1.54, 1.807) is 7.05 Å². The van der Waals surface area contributed by atoms with E-state index in [9.17, 15) is 9.59 Å². The van der Waals surface area contributed by atoms with Crippen LogP contribution in [0.25, 0.3) is 11.0 Å². The fourth-order valence-corrected chi connectivity index (χ4v) is 3.73. The van der Waals surface area contributed by atoms with Crippen molar-refractivity contribution in [3.63, 3.8) is 0 Å². The molecule has 1 saturated heterocycles. The van der Waals surface area contributed by atoms with E-state index in [-0.39, 0.29) is 18.0 Å². The summed E-state index contributed by atoms with van der Waals surface area (Å²) in [6.45, 7) is 3.71. The highest BCUT2D eigenvalue weighted by Gasteiger charge is 2.12. The van der Waals surface area contributed by atoms with E-state index in [0.29, 0.717) is 17.6 Å². The number of nitrogens with one attached hydrogen (secondary N) is 1. The molecular weight excluding hydrogens is 368 g/mol. The lowest BCUT2D eigenvalue weighted by Crippen LogP contribution is -2.32. The summed E-state index contributed by atoms with van der Waals surface area (Å²) in [6, 6.07) is 8.35. The number of rotatable bonds is 6. The van der Waals surface area contributed by atoms with Gasteiger partial charge in [0.05, 0.1) is 6.20 Å². The average molecular weight is 394 g/mol. The minimum Gasteiger partial charge on any atom is -0.350 e. The lowest BCUT2D eigenvalue weighted by molar-refractivity contribution is -0.121. The van der Waals surface area contributed by atoms with Crippen LogP contribution in [-0.4, -0.2) is 43.2 Å². The number of piperidine rings is 1. The van der Waals surface area contributed by atoms with Crippen LogP contribution in [0.1, 0.15) is 30.4 Å². The first-order valence-electron chi connectivity index (χ1n) is 10.0. The number of benzene rings is 1. The number of likely N-dealkylation sites (tertiary alicyclic amines) is 1. The highest BCUT2D eigenvalue weighted by molar-refractivity contribution is 5.77. The summed E-state index contributed by atoms with van der Waals surface area (Å²) in [5, 5.41) is 7.31. The summed E-state index contributed by atoms with van der Waals surface area (Å²) in [5.41, 5.74) is 2.58. The van der Waals surface area contributed by atoms with E-state index in [0.717, 1.165) is 12.1 Å². The molecule has 8 heteroatoms. The molecule has 3 heterocycles. The van der Waals surface area contributed by atoms with Crippen molar-refractivity contribution in [3.05, 3.63) is 58.3 Å². The quantitative estimate of drug-likeness (QED) is 0.684. The number of carbonyl (C=O) groups is 1. The number of hydrogen-bond acceptors (Lipinski definition) is 5. The van der Waals surface area contributed by atoms with Gasteiger partial charge in [-0.15, -0.1) is 0 Å². The molecule has 1 aliphatic heterocycles. The topological polar surface area (TPSA) is 85.0 Å². The minimum absolute atomic E-state index is 0.0658. The molecule has 0 bridgehead atoms. The molecular formula is C21H26N6O2. The van der Waals surface area contributed by atoms with Crippen LogP contribution >= 0.6 is 0 Å². The zero-order chi connectivity index (χ0) is 20.2. The monoisotopic (exact) mass is 394 g/mol. The predicted octanol–water partition coefficient (Wildman–Crippen LogP) is 1.43. The molecule has 8 nitrogen and oxygen atoms in total. The van der Waals surface area contributed by atoms with E-state index >= 15 is 0 Å². The Morgan fingerprint density at radius 1 is 1.10 bits per heavy atom. The van der Waals surface area contributed by atoms with E-state index in [2.05, 4.69) is 44.6 Å².